The van der Waals surface area contributed by atoms with Gasteiger partial charge in [0.2, 0.25) is 0 Å². The standard InChI is InChI=1S/C82H53N7/c1-52-24-14-15-33-57(52)78-79(86-66-40-18-16-34-62(66)64-50-83-48-46-68(64)86)81(88-70-42-20-36-58(53-25-6-2-7-26-53)74(70)75-59(37-21-43-71(75)88)54-27-8-3-9-28-54)85-82(80(78)87-67-41-19-17-35-63(67)65-51-84-49-47-69(65)87)89-72-44-22-38-60(55-29-10-4-11-30-55)76(72)77-61(39-23-45-73(77)89)56-31-12-5-13-32-56/h2-51H,1H3. The molecule has 0 unspecified atom stereocenters. The smallest absolute Gasteiger partial charge is 0.165 e. The normalized spacial score (nSPS) is 11.9. The molecule has 0 aliphatic rings. The predicted octanol–water partition coefficient (Wildman–Crippen LogP) is 20.9. The number of aromatic nitrogens is 7. The minimum Gasteiger partial charge on any atom is -0.305 e. The van der Waals surface area contributed by atoms with Crippen molar-refractivity contribution >= 4 is 87.2 Å². The molecule has 0 amide bonds. The van der Waals surface area contributed by atoms with E-state index < -0.39 is 0 Å². The minimum atomic E-state index is 0.757. The molecular formula is C82H53N7. The van der Waals surface area contributed by atoms with E-state index in [1.54, 1.807) is 0 Å². The SMILES string of the molecule is Cc1ccccc1-c1c(-n2c3ccccc3c3cnccc32)c(-n2c3cccc(-c4ccccc4)c3c3c(-c4ccccc4)cccc32)nc(-n2c3cccc(-c4ccccc4)c3c3c(-c4ccccc4)cccc32)c1-n1c2ccccc2c2cnccc21. The number of rotatable bonds is 9. The first-order chi connectivity index (χ1) is 44.2. The first kappa shape index (κ1) is 50.4. The van der Waals surface area contributed by atoms with Gasteiger partial charge in [-0.1, -0.05) is 231 Å². The van der Waals surface area contributed by atoms with Gasteiger partial charge in [-0.15, -0.1) is 0 Å². The van der Waals surface area contributed by atoms with Crippen LogP contribution in [0.3, 0.4) is 0 Å². The number of hydrogen-bond donors (Lipinski definition) is 0. The number of pyridine rings is 3. The molecule has 0 saturated heterocycles. The summed E-state index contributed by atoms with van der Waals surface area (Å²) in [7, 11) is 0. The Bertz CT molecular complexity index is 5220. The summed E-state index contributed by atoms with van der Waals surface area (Å²) in [6.07, 6.45) is 7.91. The first-order valence-electron chi connectivity index (χ1n) is 30.3. The van der Waals surface area contributed by atoms with Crippen LogP contribution in [0, 0.1) is 6.92 Å². The molecule has 0 saturated carbocycles. The Kier molecular flexibility index (Phi) is 11.4. The highest BCUT2D eigenvalue weighted by atomic mass is 15.2. The van der Waals surface area contributed by atoms with Gasteiger partial charge in [-0.25, -0.2) is 4.98 Å². The third kappa shape index (κ3) is 7.55. The van der Waals surface area contributed by atoms with Crippen LogP contribution < -0.4 is 0 Å². The summed E-state index contributed by atoms with van der Waals surface area (Å²) in [5.74, 6) is 1.51. The molecule has 416 valence electrons. The van der Waals surface area contributed by atoms with Crippen LogP contribution in [0.5, 0.6) is 0 Å². The lowest BCUT2D eigenvalue weighted by Gasteiger charge is -2.27. The van der Waals surface area contributed by atoms with E-state index >= 15 is 0 Å². The fraction of sp³-hybridized carbons (Fsp3) is 0.0122. The lowest BCUT2D eigenvalue weighted by atomic mass is 9.95. The number of nitrogens with zero attached hydrogens (tertiary/aromatic N) is 7. The summed E-state index contributed by atoms with van der Waals surface area (Å²) in [4.78, 5) is 16.4. The molecular weight excluding hydrogens is 1080 g/mol. The van der Waals surface area contributed by atoms with Gasteiger partial charge in [0.1, 0.15) is 11.4 Å². The van der Waals surface area contributed by atoms with Crippen molar-refractivity contribution in [1.82, 2.24) is 33.2 Å². The van der Waals surface area contributed by atoms with E-state index in [1.807, 2.05) is 24.8 Å². The van der Waals surface area contributed by atoms with Gasteiger partial charge in [-0.05, 0) is 111 Å². The lowest BCUT2D eigenvalue weighted by Crippen LogP contribution is -2.16. The van der Waals surface area contributed by atoms with Crippen LogP contribution in [-0.2, 0) is 0 Å². The van der Waals surface area contributed by atoms with Crippen molar-refractivity contribution in [3.05, 3.63) is 309 Å². The largest absolute Gasteiger partial charge is 0.305 e. The van der Waals surface area contributed by atoms with Crippen LogP contribution >= 0.6 is 0 Å². The molecule has 0 atom stereocenters. The quantitative estimate of drug-likeness (QED) is 0.145. The highest BCUT2D eigenvalue weighted by Gasteiger charge is 2.34. The molecule has 18 aromatic rings. The highest BCUT2D eigenvalue weighted by Crippen LogP contribution is 2.52. The van der Waals surface area contributed by atoms with Gasteiger partial charge in [0.25, 0.3) is 0 Å². The summed E-state index contributed by atoms with van der Waals surface area (Å²) < 4.78 is 9.96. The topological polar surface area (TPSA) is 58.4 Å². The predicted molar refractivity (Wildman–Crippen MR) is 369 cm³/mol. The second-order valence-electron chi connectivity index (χ2n) is 23.1. The van der Waals surface area contributed by atoms with Crippen LogP contribution in [0.15, 0.2) is 304 Å². The van der Waals surface area contributed by atoms with Crippen LogP contribution in [0.4, 0.5) is 0 Å². The monoisotopic (exact) mass is 1140 g/mol. The van der Waals surface area contributed by atoms with Crippen molar-refractivity contribution < 1.29 is 0 Å². The Balaban J connectivity index is 1.15. The van der Waals surface area contributed by atoms with Crippen LogP contribution in [0.25, 0.3) is 166 Å². The van der Waals surface area contributed by atoms with Crippen molar-refractivity contribution in [3.63, 3.8) is 0 Å². The Morgan fingerprint density at radius 3 is 0.921 bits per heavy atom. The minimum absolute atomic E-state index is 0.757. The molecule has 7 heteroatoms. The van der Waals surface area contributed by atoms with Gasteiger partial charge in [0.15, 0.2) is 11.6 Å². The number of para-hydroxylation sites is 2. The average molecular weight is 1140 g/mol. The molecule has 0 fully saturated rings. The number of benzene rings is 11. The molecule has 89 heavy (non-hydrogen) atoms. The molecule has 0 radical (unpaired) electrons. The molecule has 7 aromatic heterocycles. The number of aryl methyl sites for hydroxylation is 1. The van der Waals surface area contributed by atoms with E-state index in [4.69, 9.17) is 15.0 Å². The van der Waals surface area contributed by atoms with Crippen molar-refractivity contribution in [3.8, 4) is 78.6 Å². The summed E-state index contributed by atoms with van der Waals surface area (Å²) in [6.45, 7) is 2.26. The van der Waals surface area contributed by atoms with Gasteiger partial charge in [-0.2, -0.15) is 0 Å². The molecule has 0 spiro atoms. The van der Waals surface area contributed by atoms with Gasteiger partial charge < -0.3 is 9.13 Å². The average Bonchev–Trinajstić information content (AvgIpc) is 1.59. The zero-order valence-corrected chi connectivity index (χ0v) is 48.5. The number of fused-ring (bicyclic) bond motifs is 12. The first-order valence-corrected chi connectivity index (χ1v) is 30.3. The maximum Gasteiger partial charge on any atom is 0.165 e. The molecule has 0 aliphatic heterocycles. The highest BCUT2D eigenvalue weighted by molar-refractivity contribution is 6.23. The van der Waals surface area contributed by atoms with Crippen molar-refractivity contribution in [2.24, 2.45) is 0 Å². The van der Waals surface area contributed by atoms with Crippen molar-refractivity contribution in [2.75, 3.05) is 0 Å². The van der Waals surface area contributed by atoms with E-state index in [1.165, 1.54) is 0 Å². The maximum absolute atomic E-state index is 6.68. The summed E-state index contributed by atoms with van der Waals surface area (Å²) >= 11 is 0. The summed E-state index contributed by atoms with van der Waals surface area (Å²) in [6, 6.07) is 102. The van der Waals surface area contributed by atoms with Crippen molar-refractivity contribution in [2.45, 2.75) is 6.92 Å². The molecule has 18 rings (SSSR count). The zero-order chi connectivity index (χ0) is 58.7. The van der Waals surface area contributed by atoms with E-state index in [0.29, 0.717) is 0 Å². The fourth-order valence-electron chi connectivity index (χ4n) is 14.6. The second-order valence-corrected chi connectivity index (χ2v) is 23.1. The van der Waals surface area contributed by atoms with E-state index in [0.717, 1.165) is 171 Å². The number of hydrogen-bond acceptors (Lipinski definition) is 3. The molecule has 7 nitrogen and oxygen atoms in total. The molecule has 11 aromatic carbocycles. The summed E-state index contributed by atoms with van der Waals surface area (Å²) in [5.41, 5.74) is 22.3. The fourth-order valence-corrected chi connectivity index (χ4v) is 14.6. The second kappa shape index (κ2) is 20.1. The lowest BCUT2D eigenvalue weighted by molar-refractivity contribution is 0.960. The maximum atomic E-state index is 6.68. The van der Waals surface area contributed by atoms with Crippen molar-refractivity contribution in [1.29, 1.82) is 0 Å². The third-order valence-electron chi connectivity index (χ3n) is 18.3. The summed E-state index contributed by atoms with van der Waals surface area (Å²) in [5, 5.41) is 8.84. The molecule has 0 N–H and O–H groups in total. The Morgan fingerprint density at radius 2 is 0.551 bits per heavy atom. The Morgan fingerprint density at radius 1 is 0.247 bits per heavy atom. The Labute approximate surface area is 512 Å². The van der Waals surface area contributed by atoms with E-state index in [-0.39, 0.29) is 0 Å². The van der Waals surface area contributed by atoms with Gasteiger partial charge >= 0.3 is 0 Å². The molecule has 0 bridgehead atoms. The van der Waals surface area contributed by atoms with Crippen LogP contribution in [0.1, 0.15) is 5.56 Å². The van der Waals surface area contributed by atoms with Gasteiger partial charge in [0.05, 0.1) is 44.1 Å². The van der Waals surface area contributed by atoms with Crippen LogP contribution in [0.2, 0.25) is 0 Å². The third-order valence-corrected chi connectivity index (χ3v) is 18.3. The van der Waals surface area contributed by atoms with Gasteiger partial charge in [-0.3, -0.25) is 19.1 Å². The van der Waals surface area contributed by atoms with E-state index in [9.17, 15) is 0 Å². The molecule has 7 heterocycles. The Hall–Kier alpha value is -11.9. The van der Waals surface area contributed by atoms with Crippen LogP contribution in [-0.4, -0.2) is 33.2 Å². The van der Waals surface area contributed by atoms with Gasteiger partial charge in [0, 0.05) is 73.4 Å². The molecule has 0 aliphatic carbocycles. The zero-order valence-electron chi connectivity index (χ0n) is 48.5. The van der Waals surface area contributed by atoms with E-state index in [2.05, 4.69) is 304 Å².